The van der Waals surface area contributed by atoms with Gasteiger partial charge in [-0.3, -0.25) is 0 Å². The van der Waals surface area contributed by atoms with Crippen molar-refractivity contribution in [2.45, 2.75) is 25.9 Å². The third kappa shape index (κ3) is 4.43. The first-order chi connectivity index (χ1) is 6.68. The van der Waals surface area contributed by atoms with E-state index in [0.717, 1.165) is 13.2 Å². The molecule has 1 saturated heterocycles. The number of ether oxygens (including phenoxy) is 1. The van der Waals surface area contributed by atoms with E-state index in [1.165, 1.54) is 0 Å². The van der Waals surface area contributed by atoms with Crippen molar-refractivity contribution < 1.29 is 9.53 Å². The molecule has 0 saturated carbocycles. The lowest BCUT2D eigenvalue weighted by Gasteiger charge is -2.24. The van der Waals surface area contributed by atoms with Crippen LogP contribution in [-0.4, -0.2) is 44.4 Å². The minimum Gasteiger partial charge on any atom is -0.378 e. The minimum absolute atomic E-state index is 0.118. The Hall–Kier alpha value is -0.810. The number of hydrogen-bond donors (Lipinski definition) is 3. The number of urea groups is 1. The minimum atomic E-state index is -0.118. The molecular formula is C9H19N3O2. The normalized spacial score (nSPS) is 22.1. The summed E-state index contributed by atoms with van der Waals surface area (Å²) in [7, 11) is 0. The van der Waals surface area contributed by atoms with Gasteiger partial charge in [0.2, 0.25) is 0 Å². The van der Waals surface area contributed by atoms with Crippen LogP contribution >= 0.6 is 0 Å². The Morgan fingerprint density at radius 1 is 1.64 bits per heavy atom. The summed E-state index contributed by atoms with van der Waals surface area (Å²) in [6.07, 6.45) is 0. The predicted octanol–water partition coefficient (Wildman–Crippen LogP) is -0.318. The molecule has 14 heavy (non-hydrogen) atoms. The largest absolute Gasteiger partial charge is 0.378 e. The van der Waals surface area contributed by atoms with Crippen LogP contribution in [0, 0.1) is 0 Å². The van der Waals surface area contributed by atoms with Crippen molar-refractivity contribution in [1.29, 1.82) is 0 Å². The highest BCUT2D eigenvalue weighted by atomic mass is 16.5. The quantitative estimate of drug-likeness (QED) is 0.586. The number of amides is 2. The van der Waals surface area contributed by atoms with E-state index in [0.29, 0.717) is 13.2 Å². The van der Waals surface area contributed by atoms with Gasteiger partial charge in [-0.1, -0.05) is 0 Å². The monoisotopic (exact) mass is 201 g/mol. The maximum Gasteiger partial charge on any atom is 0.315 e. The van der Waals surface area contributed by atoms with E-state index in [2.05, 4.69) is 16.0 Å². The molecule has 1 atom stereocenters. The van der Waals surface area contributed by atoms with Crippen LogP contribution < -0.4 is 16.0 Å². The molecule has 1 aliphatic heterocycles. The molecule has 0 aromatic heterocycles. The summed E-state index contributed by atoms with van der Waals surface area (Å²) in [6, 6.07) is 0.291. The second-order valence-electron chi connectivity index (χ2n) is 3.74. The van der Waals surface area contributed by atoms with Crippen molar-refractivity contribution in [2.24, 2.45) is 0 Å². The summed E-state index contributed by atoms with van der Waals surface area (Å²) in [4.78, 5) is 11.2. The molecule has 82 valence electrons. The molecule has 1 heterocycles. The molecule has 5 nitrogen and oxygen atoms in total. The van der Waals surface area contributed by atoms with Crippen LogP contribution in [0.25, 0.3) is 0 Å². The number of rotatable bonds is 3. The molecule has 1 aliphatic rings. The molecule has 5 heteroatoms. The lowest BCUT2D eigenvalue weighted by atomic mass is 10.3. The second-order valence-corrected chi connectivity index (χ2v) is 3.74. The van der Waals surface area contributed by atoms with Crippen LogP contribution in [0.15, 0.2) is 0 Å². The maximum atomic E-state index is 11.2. The van der Waals surface area contributed by atoms with Crippen LogP contribution in [0.1, 0.15) is 13.8 Å². The Labute approximate surface area is 84.6 Å². The number of carbonyl (C=O) groups excluding carboxylic acids is 1. The molecule has 1 unspecified atom stereocenters. The fourth-order valence-corrected chi connectivity index (χ4v) is 1.28. The molecule has 0 spiro atoms. The van der Waals surface area contributed by atoms with Crippen molar-refractivity contribution >= 4 is 6.03 Å². The van der Waals surface area contributed by atoms with E-state index in [1.54, 1.807) is 0 Å². The van der Waals surface area contributed by atoms with E-state index in [1.807, 2.05) is 13.8 Å². The lowest BCUT2D eigenvalue weighted by molar-refractivity contribution is 0.0774. The summed E-state index contributed by atoms with van der Waals surface area (Å²) >= 11 is 0. The number of carbonyl (C=O) groups is 1. The Morgan fingerprint density at radius 3 is 3.00 bits per heavy atom. The molecule has 0 aliphatic carbocycles. The van der Waals surface area contributed by atoms with Crippen molar-refractivity contribution in [2.75, 3.05) is 26.3 Å². The molecule has 0 bridgehead atoms. The highest BCUT2D eigenvalue weighted by Gasteiger charge is 2.13. The van der Waals surface area contributed by atoms with E-state index in [4.69, 9.17) is 4.74 Å². The summed E-state index contributed by atoms with van der Waals surface area (Å²) in [5.74, 6) is 0. The van der Waals surface area contributed by atoms with Gasteiger partial charge in [0, 0.05) is 25.2 Å². The average Bonchev–Trinajstić information content (AvgIpc) is 2.15. The highest BCUT2D eigenvalue weighted by Crippen LogP contribution is 1.90. The first-order valence-electron chi connectivity index (χ1n) is 5.04. The molecule has 1 fully saturated rings. The third-order valence-corrected chi connectivity index (χ3v) is 1.93. The van der Waals surface area contributed by atoms with Gasteiger partial charge in [0.05, 0.1) is 13.2 Å². The molecule has 0 aromatic rings. The first kappa shape index (κ1) is 11.3. The van der Waals surface area contributed by atoms with Crippen LogP contribution in [0.5, 0.6) is 0 Å². The summed E-state index contributed by atoms with van der Waals surface area (Å²) in [6.45, 7) is 6.76. The van der Waals surface area contributed by atoms with E-state index in [-0.39, 0.29) is 18.1 Å². The second kappa shape index (κ2) is 5.82. The molecular weight excluding hydrogens is 182 g/mol. The Kier molecular flexibility index (Phi) is 4.69. The fourth-order valence-electron chi connectivity index (χ4n) is 1.28. The Bertz CT molecular complexity index is 179. The van der Waals surface area contributed by atoms with Gasteiger partial charge in [-0.15, -0.1) is 0 Å². The van der Waals surface area contributed by atoms with Gasteiger partial charge in [0.1, 0.15) is 0 Å². The van der Waals surface area contributed by atoms with Gasteiger partial charge in [-0.05, 0) is 13.8 Å². The SMILES string of the molecule is CC(C)NC(=O)NCC1COCCN1. The number of hydrogen-bond acceptors (Lipinski definition) is 3. The molecule has 1 rings (SSSR count). The summed E-state index contributed by atoms with van der Waals surface area (Å²) < 4.78 is 5.26. The zero-order valence-electron chi connectivity index (χ0n) is 8.80. The van der Waals surface area contributed by atoms with Crippen molar-refractivity contribution in [1.82, 2.24) is 16.0 Å². The Balaban J connectivity index is 2.09. The molecule has 0 aromatic carbocycles. The average molecular weight is 201 g/mol. The van der Waals surface area contributed by atoms with Crippen LogP contribution in [0.4, 0.5) is 4.79 Å². The van der Waals surface area contributed by atoms with Crippen LogP contribution in [0.2, 0.25) is 0 Å². The van der Waals surface area contributed by atoms with E-state index in [9.17, 15) is 4.79 Å². The van der Waals surface area contributed by atoms with Gasteiger partial charge in [0.15, 0.2) is 0 Å². The van der Waals surface area contributed by atoms with E-state index >= 15 is 0 Å². The lowest BCUT2D eigenvalue weighted by Crippen LogP contribution is -2.50. The van der Waals surface area contributed by atoms with E-state index < -0.39 is 0 Å². The molecule has 3 N–H and O–H groups in total. The number of nitrogens with one attached hydrogen (secondary N) is 3. The molecule has 0 radical (unpaired) electrons. The van der Waals surface area contributed by atoms with Crippen molar-refractivity contribution in [3.8, 4) is 0 Å². The Morgan fingerprint density at radius 2 is 2.43 bits per heavy atom. The molecule has 2 amide bonds. The van der Waals surface area contributed by atoms with Crippen molar-refractivity contribution in [3.05, 3.63) is 0 Å². The topological polar surface area (TPSA) is 62.4 Å². The smallest absolute Gasteiger partial charge is 0.315 e. The summed E-state index contributed by atoms with van der Waals surface area (Å²) in [5.41, 5.74) is 0. The zero-order valence-corrected chi connectivity index (χ0v) is 8.80. The fraction of sp³-hybridized carbons (Fsp3) is 0.889. The highest BCUT2D eigenvalue weighted by molar-refractivity contribution is 5.74. The zero-order chi connectivity index (χ0) is 10.4. The summed E-state index contributed by atoms with van der Waals surface area (Å²) in [5, 5.41) is 8.82. The van der Waals surface area contributed by atoms with Gasteiger partial charge >= 0.3 is 6.03 Å². The van der Waals surface area contributed by atoms with Gasteiger partial charge in [-0.25, -0.2) is 4.79 Å². The van der Waals surface area contributed by atoms with Crippen LogP contribution in [-0.2, 0) is 4.74 Å². The van der Waals surface area contributed by atoms with Crippen LogP contribution in [0.3, 0.4) is 0 Å². The van der Waals surface area contributed by atoms with Gasteiger partial charge < -0.3 is 20.7 Å². The maximum absolute atomic E-state index is 11.2. The third-order valence-electron chi connectivity index (χ3n) is 1.93. The van der Waals surface area contributed by atoms with Gasteiger partial charge in [0.25, 0.3) is 0 Å². The standard InChI is InChI=1S/C9H19N3O2/c1-7(2)12-9(13)11-5-8-6-14-4-3-10-8/h7-8,10H,3-6H2,1-2H3,(H2,11,12,13). The van der Waals surface area contributed by atoms with Gasteiger partial charge in [-0.2, -0.15) is 0 Å². The number of morpholine rings is 1. The first-order valence-corrected chi connectivity index (χ1v) is 5.04. The predicted molar refractivity (Wildman–Crippen MR) is 54.3 cm³/mol. The van der Waals surface area contributed by atoms with Crippen molar-refractivity contribution in [3.63, 3.8) is 0 Å².